The number of amides is 3. The molecular formula is C32H33ClF3N9O4. The van der Waals surface area contributed by atoms with Gasteiger partial charge in [-0.1, -0.05) is 11.6 Å². The number of pyridine rings is 1. The fourth-order valence-corrected chi connectivity index (χ4v) is 6.23. The standard InChI is InChI=1S/C32H33ClF3N9O4/c1-42-25(23-18-45(41-27(23)32(34,35)36)26-6-4-21(49-2)16-38-26)17-39-28(42)29(46)40-20-3-5-22(24(33)15-20)31(48)44-13-11-43(12-14-44)30(47)19-7-9-37-10-8-19/h3-6,15-19,37H,7-14H2,1-2H3,(H,40,46). The third-order valence-corrected chi connectivity index (χ3v) is 8.98. The molecule has 0 unspecified atom stereocenters. The van der Waals surface area contributed by atoms with Crippen LogP contribution in [0, 0.1) is 5.92 Å². The Balaban J connectivity index is 1.13. The number of hydrogen-bond donors (Lipinski definition) is 2. The van der Waals surface area contributed by atoms with E-state index in [2.05, 4.69) is 25.7 Å². The minimum Gasteiger partial charge on any atom is -0.495 e. The molecule has 0 aliphatic carbocycles. The molecule has 6 rings (SSSR count). The van der Waals surface area contributed by atoms with Crippen molar-refractivity contribution < 1.29 is 32.3 Å². The maximum absolute atomic E-state index is 14.0. The smallest absolute Gasteiger partial charge is 0.435 e. The Bertz CT molecular complexity index is 1860. The number of halogens is 4. The number of carbonyl (C=O) groups excluding carboxylic acids is 3. The van der Waals surface area contributed by atoms with Crippen molar-refractivity contribution in [3.63, 3.8) is 0 Å². The fourth-order valence-electron chi connectivity index (χ4n) is 5.97. The molecule has 0 bridgehead atoms. The second-order valence-corrected chi connectivity index (χ2v) is 12.1. The number of piperazine rings is 1. The lowest BCUT2D eigenvalue weighted by Crippen LogP contribution is -2.52. The summed E-state index contributed by atoms with van der Waals surface area (Å²) in [7, 11) is 2.85. The van der Waals surface area contributed by atoms with Gasteiger partial charge in [0, 0.05) is 51.0 Å². The molecule has 2 aliphatic heterocycles. The van der Waals surface area contributed by atoms with Gasteiger partial charge in [0.25, 0.3) is 11.8 Å². The van der Waals surface area contributed by atoms with Crippen LogP contribution < -0.4 is 15.4 Å². The van der Waals surface area contributed by atoms with Crippen molar-refractivity contribution in [1.82, 2.24) is 39.4 Å². The number of anilines is 1. The average molecular weight is 700 g/mol. The third-order valence-electron chi connectivity index (χ3n) is 8.67. The molecule has 17 heteroatoms. The summed E-state index contributed by atoms with van der Waals surface area (Å²) in [5.74, 6) is -0.487. The SMILES string of the molecule is COc1ccc(-n2cc(-c3cnc(C(=O)Nc4ccc(C(=O)N5CCN(C(=O)C6CCNCC6)CC5)c(Cl)c4)n3C)c(C(F)(F)F)n2)nc1. The molecule has 49 heavy (non-hydrogen) atoms. The van der Waals surface area contributed by atoms with Crippen molar-refractivity contribution in [2.45, 2.75) is 19.0 Å². The highest BCUT2D eigenvalue weighted by Crippen LogP contribution is 2.37. The second-order valence-electron chi connectivity index (χ2n) is 11.7. The topological polar surface area (TPSA) is 140 Å². The van der Waals surface area contributed by atoms with Crippen molar-refractivity contribution >= 4 is 35.0 Å². The molecule has 2 aliphatic rings. The first kappa shape index (κ1) is 33.9. The van der Waals surface area contributed by atoms with Crippen LogP contribution in [0.15, 0.2) is 48.9 Å². The van der Waals surface area contributed by atoms with Crippen LogP contribution in [0.2, 0.25) is 5.02 Å². The van der Waals surface area contributed by atoms with E-state index >= 15 is 0 Å². The fraction of sp³-hybridized carbons (Fsp3) is 0.375. The largest absolute Gasteiger partial charge is 0.495 e. The predicted octanol–water partition coefficient (Wildman–Crippen LogP) is 3.88. The predicted molar refractivity (Wildman–Crippen MR) is 173 cm³/mol. The highest BCUT2D eigenvalue weighted by atomic mass is 35.5. The van der Waals surface area contributed by atoms with Crippen LogP contribution in [-0.4, -0.2) is 98.2 Å². The average Bonchev–Trinajstić information content (AvgIpc) is 3.72. The molecule has 2 fully saturated rings. The molecule has 0 spiro atoms. The highest BCUT2D eigenvalue weighted by molar-refractivity contribution is 6.34. The van der Waals surface area contributed by atoms with Gasteiger partial charge in [-0.05, 0) is 56.3 Å². The van der Waals surface area contributed by atoms with E-state index in [1.54, 1.807) is 11.0 Å². The molecule has 1 aromatic carbocycles. The Labute approximate surface area is 284 Å². The molecule has 0 atom stereocenters. The Kier molecular flexibility index (Phi) is 9.61. The number of nitrogens with one attached hydrogen (secondary N) is 2. The number of nitrogens with zero attached hydrogens (tertiary/aromatic N) is 7. The molecule has 5 heterocycles. The van der Waals surface area contributed by atoms with Gasteiger partial charge in [0.05, 0.1) is 41.3 Å². The monoisotopic (exact) mass is 699 g/mol. The number of imidazole rings is 1. The van der Waals surface area contributed by atoms with E-state index < -0.39 is 17.8 Å². The van der Waals surface area contributed by atoms with Gasteiger partial charge in [-0.25, -0.2) is 14.6 Å². The van der Waals surface area contributed by atoms with Gasteiger partial charge in [0.15, 0.2) is 17.3 Å². The number of aromatic nitrogens is 5. The van der Waals surface area contributed by atoms with E-state index in [1.165, 1.54) is 49.2 Å². The lowest BCUT2D eigenvalue weighted by molar-refractivity contribution is -0.141. The first-order valence-corrected chi connectivity index (χ1v) is 15.9. The molecule has 0 radical (unpaired) electrons. The van der Waals surface area contributed by atoms with Crippen LogP contribution in [0.25, 0.3) is 17.1 Å². The normalized spacial score (nSPS) is 15.7. The molecular weight excluding hydrogens is 667 g/mol. The highest BCUT2D eigenvalue weighted by Gasteiger charge is 2.39. The first-order chi connectivity index (χ1) is 23.4. The van der Waals surface area contributed by atoms with E-state index in [0.717, 1.165) is 43.0 Å². The Morgan fingerprint density at radius 3 is 2.35 bits per heavy atom. The molecule has 3 aromatic heterocycles. The Morgan fingerprint density at radius 1 is 1.00 bits per heavy atom. The van der Waals surface area contributed by atoms with Crippen LogP contribution in [0.1, 0.15) is 39.5 Å². The van der Waals surface area contributed by atoms with Gasteiger partial charge in [0.2, 0.25) is 5.91 Å². The number of hydrogen-bond acceptors (Lipinski definition) is 8. The quantitative estimate of drug-likeness (QED) is 0.296. The summed E-state index contributed by atoms with van der Waals surface area (Å²) in [4.78, 5) is 51.0. The molecule has 258 valence electrons. The van der Waals surface area contributed by atoms with Gasteiger partial charge in [-0.3, -0.25) is 14.4 Å². The zero-order valence-electron chi connectivity index (χ0n) is 26.6. The van der Waals surface area contributed by atoms with Crippen molar-refractivity contribution in [2.24, 2.45) is 13.0 Å². The summed E-state index contributed by atoms with van der Waals surface area (Å²) >= 11 is 6.48. The maximum Gasteiger partial charge on any atom is 0.435 e. The van der Waals surface area contributed by atoms with Gasteiger partial charge in [0.1, 0.15) is 5.75 Å². The first-order valence-electron chi connectivity index (χ1n) is 15.5. The van der Waals surface area contributed by atoms with Crippen molar-refractivity contribution in [3.8, 4) is 22.8 Å². The van der Waals surface area contributed by atoms with E-state index in [9.17, 15) is 27.6 Å². The third kappa shape index (κ3) is 7.10. The molecule has 2 saturated heterocycles. The number of benzene rings is 1. The van der Waals surface area contributed by atoms with Gasteiger partial charge in [-0.15, -0.1) is 0 Å². The van der Waals surface area contributed by atoms with Gasteiger partial charge in [-0.2, -0.15) is 18.3 Å². The number of rotatable bonds is 7. The van der Waals surface area contributed by atoms with Crippen LogP contribution >= 0.6 is 11.6 Å². The van der Waals surface area contributed by atoms with Crippen molar-refractivity contribution in [3.05, 3.63) is 71.0 Å². The minimum atomic E-state index is -4.81. The molecule has 4 aromatic rings. The summed E-state index contributed by atoms with van der Waals surface area (Å²) in [6.07, 6.45) is 0.483. The van der Waals surface area contributed by atoms with E-state index in [-0.39, 0.29) is 56.9 Å². The Hall–Kier alpha value is -4.96. The van der Waals surface area contributed by atoms with Crippen molar-refractivity contribution in [1.29, 1.82) is 0 Å². The Morgan fingerprint density at radius 2 is 1.71 bits per heavy atom. The van der Waals surface area contributed by atoms with E-state index in [4.69, 9.17) is 16.3 Å². The zero-order chi connectivity index (χ0) is 34.9. The summed E-state index contributed by atoms with van der Waals surface area (Å²) in [6, 6.07) is 7.42. The van der Waals surface area contributed by atoms with Crippen LogP contribution in [0.5, 0.6) is 5.75 Å². The molecule has 3 amide bonds. The summed E-state index contributed by atoms with van der Waals surface area (Å²) in [5.41, 5.74) is -1.000. The second kappa shape index (κ2) is 13.9. The lowest BCUT2D eigenvalue weighted by atomic mass is 9.96. The van der Waals surface area contributed by atoms with Crippen molar-refractivity contribution in [2.75, 3.05) is 51.7 Å². The number of methoxy groups -OCH3 is 1. The van der Waals surface area contributed by atoms with Gasteiger partial charge >= 0.3 is 6.18 Å². The van der Waals surface area contributed by atoms with Gasteiger partial charge < -0.3 is 29.7 Å². The maximum atomic E-state index is 14.0. The van der Waals surface area contributed by atoms with Crippen LogP contribution in [0.4, 0.5) is 18.9 Å². The van der Waals surface area contributed by atoms with Crippen LogP contribution in [-0.2, 0) is 18.0 Å². The lowest BCUT2D eigenvalue weighted by Gasteiger charge is -2.37. The van der Waals surface area contributed by atoms with Crippen LogP contribution in [0.3, 0.4) is 0 Å². The molecule has 2 N–H and O–H groups in total. The number of ether oxygens (including phenoxy) is 1. The van der Waals surface area contributed by atoms with E-state index in [1.807, 2.05) is 4.90 Å². The summed E-state index contributed by atoms with van der Waals surface area (Å²) in [5, 5.41) is 9.73. The number of carbonyl (C=O) groups is 3. The molecule has 0 saturated carbocycles. The summed E-state index contributed by atoms with van der Waals surface area (Å²) in [6.45, 7) is 3.28. The number of piperidine rings is 1. The van der Waals surface area contributed by atoms with E-state index in [0.29, 0.717) is 31.9 Å². The minimum absolute atomic E-state index is 0.00578. The summed E-state index contributed by atoms with van der Waals surface area (Å²) < 4.78 is 49.4. The molecule has 13 nitrogen and oxygen atoms in total. The zero-order valence-corrected chi connectivity index (χ0v) is 27.4. The number of alkyl halides is 3.